The largest absolute Gasteiger partial charge is 0.507 e. The van der Waals surface area contributed by atoms with Crippen molar-refractivity contribution < 1.29 is 5.11 Å². The Labute approximate surface area is 140 Å². The van der Waals surface area contributed by atoms with Crippen LogP contribution >= 0.6 is 0 Å². The first kappa shape index (κ1) is 17.4. The molecule has 3 N–H and O–H groups in total. The van der Waals surface area contributed by atoms with E-state index in [1.807, 2.05) is 36.4 Å². The molecule has 0 saturated carbocycles. The van der Waals surface area contributed by atoms with Crippen LogP contribution in [0.5, 0.6) is 5.75 Å². The normalized spacial score (nSPS) is 11.6. The van der Waals surface area contributed by atoms with Crippen molar-refractivity contribution in [3.8, 4) is 16.9 Å². The van der Waals surface area contributed by atoms with Gasteiger partial charge < -0.3 is 10.8 Å². The average Bonchev–Trinajstić information content (AvgIpc) is 2.51. The van der Waals surface area contributed by atoms with Gasteiger partial charge in [-0.3, -0.25) is 0 Å². The fourth-order valence-corrected chi connectivity index (χ4v) is 3.04. The van der Waals surface area contributed by atoms with Crippen molar-refractivity contribution in [2.45, 2.75) is 58.3 Å². The SMILES string of the molecule is CCCCCCC(C)(C)c1ccc(-c2cccc(N)c2)c(O)c1. The van der Waals surface area contributed by atoms with Gasteiger partial charge in [-0.25, -0.2) is 0 Å². The molecule has 0 unspecified atom stereocenters. The van der Waals surface area contributed by atoms with Crippen molar-refractivity contribution >= 4 is 5.69 Å². The predicted molar refractivity (Wildman–Crippen MR) is 99.7 cm³/mol. The van der Waals surface area contributed by atoms with E-state index in [4.69, 9.17) is 5.73 Å². The first-order chi connectivity index (χ1) is 10.9. The van der Waals surface area contributed by atoms with E-state index < -0.39 is 0 Å². The van der Waals surface area contributed by atoms with Crippen molar-refractivity contribution in [2.24, 2.45) is 0 Å². The van der Waals surface area contributed by atoms with Crippen LogP contribution in [-0.4, -0.2) is 5.11 Å². The maximum absolute atomic E-state index is 10.5. The van der Waals surface area contributed by atoms with E-state index in [1.165, 1.54) is 31.2 Å². The summed E-state index contributed by atoms with van der Waals surface area (Å²) >= 11 is 0. The molecule has 0 saturated heterocycles. The Morgan fingerprint density at radius 1 is 1.00 bits per heavy atom. The number of phenolic OH excluding ortho intramolecular Hbond substituents is 1. The van der Waals surface area contributed by atoms with Gasteiger partial charge in [0, 0.05) is 11.3 Å². The lowest BCUT2D eigenvalue weighted by Crippen LogP contribution is -2.16. The van der Waals surface area contributed by atoms with Crippen molar-refractivity contribution in [3.05, 3.63) is 48.0 Å². The zero-order valence-corrected chi connectivity index (χ0v) is 14.6. The lowest BCUT2D eigenvalue weighted by Gasteiger charge is -2.26. The molecule has 2 aromatic rings. The van der Waals surface area contributed by atoms with Gasteiger partial charge in [0.25, 0.3) is 0 Å². The number of nitrogen functional groups attached to an aromatic ring is 1. The third-order valence-corrected chi connectivity index (χ3v) is 4.63. The van der Waals surface area contributed by atoms with E-state index in [2.05, 4.69) is 26.8 Å². The number of benzene rings is 2. The van der Waals surface area contributed by atoms with Crippen molar-refractivity contribution in [1.29, 1.82) is 0 Å². The van der Waals surface area contributed by atoms with E-state index in [0.29, 0.717) is 11.4 Å². The third kappa shape index (κ3) is 4.51. The van der Waals surface area contributed by atoms with Crippen LogP contribution in [-0.2, 0) is 5.41 Å². The topological polar surface area (TPSA) is 46.2 Å². The van der Waals surface area contributed by atoms with Crippen LogP contribution in [0.25, 0.3) is 11.1 Å². The Morgan fingerprint density at radius 3 is 2.43 bits per heavy atom. The molecule has 0 spiro atoms. The number of hydrogen-bond acceptors (Lipinski definition) is 2. The van der Waals surface area contributed by atoms with Gasteiger partial charge in [0.15, 0.2) is 0 Å². The van der Waals surface area contributed by atoms with Gasteiger partial charge in [-0.05, 0) is 41.2 Å². The minimum absolute atomic E-state index is 0.0828. The quantitative estimate of drug-likeness (QED) is 0.494. The maximum Gasteiger partial charge on any atom is 0.123 e. The molecule has 0 fully saturated rings. The van der Waals surface area contributed by atoms with Crippen LogP contribution in [0, 0.1) is 0 Å². The molecule has 0 aliphatic rings. The maximum atomic E-state index is 10.5. The number of rotatable bonds is 7. The van der Waals surface area contributed by atoms with Gasteiger partial charge in [-0.1, -0.05) is 70.7 Å². The molecule has 2 aromatic carbocycles. The minimum atomic E-state index is 0.0828. The molecule has 124 valence electrons. The van der Waals surface area contributed by atoms with Crippen LogP contribution in [0.15, 0.2) is 42.5 Å². The van der Waals surface area contributed by atoms with Crippen molar-refractivity contribution in [3.63, 3.8) is 0 Å². The molecule has 23 heavy (non-hydrogen) atoms. The standard InChI is InChI=1S/C21H29NO/c1-4-5-6-7-13-21(2,3)17-11-12-19(20(23)15-17)16-9-8-10-18(22)14-16/h8-12,14-15,23H,4-7,13,22H2,1-3H3. The monoisotopic (exact) mass is 311 g/mol. The number of aromatic hydroxyl groups is 1. The van der Waals surface area contributed by atoms with Crippen LogP contribution < -0.4 is 5.73 Å². The summed E-state index contributed by atoms with van der Waals surface area (Å²) in [6.45, 7) is 6.75. The highest BCUT2D eigenvalue weighted by Gasteiger charge is 2.21. The molecular formula is C21H29NO. The second kappa shape index (κ2) is 7.54. The summed E-state index contributed by atoms with van der Waals surface area (Å²) in [7, 11) is 0. The molecule has 2 heteroatoms. The molecule has 0 radical (unpaired) electrons. The molecule has 0 aliphatic carbocycles. The zero-order chi connectivity index (χ0) is 16.9. The minimum Gasteiger partial charge on any atom is -0.507 e. The Kier molecular flexibility index (Phi) is 5.70. The number of hydrogen-bond donors (Lipinski definition) is 2. The molecule has 2 nitrogen and oxygen atoms in total. The van der Waals surface area contributed by atoms with Crippen molar-refractivity contribution in [1.82, 2.24) is 0 Å². The van der Waals surface area contributed by atoms with Gasteiger partial charge >= 0.3 is 0 Å². The van der Waals surface area contributed by atoms with E-state index in [0.717, 1.165) is 17.5 Å². The van der Waals surface area contributed by atoms with Gasteiger partial charge in [-0.15, -0.1) is 0 Å². The lowest BCUT2D eigenvalue weighted by molar-refractivity contribution is 0.438. The van der Waals surface area contributed by atoms with E-state index in [1.54, 1.807) is 0 Å². The molecule has 0 amide bonds. The average molecular weight is 311 g/mol. The number of unbranched alkanes of at least 4 members (excludes halogenated alkanes) is 3. The number of anilines is 1. The first-order valence-electron chi connectivity index (χ1n) is 8.63. The summed E-state index contributed by atoms with van der Waals surface area (Å²) in [6, 6.07) is 13.7. The summed E-state index contributed by atoms with van der Waals surface area (Å²) in [5.41, 5.74) is 9.62. The third-order valence-electron chi connectivity index (χ3n) is 4.63. The molecule has 2 rings (SSSR count). The molecule has 0 atom stereocenters. The highest BCUT2D eigenvalue weighted by Crippen LogP contribution is 2.36. The van der Waals surface area contributed by atoms with Gasteiger partial charge in [0.2, 0.25) is 0 Å². The molecule has 0 aromatic heterocycles. The number of nitrogens with two attached hydrogens (primary N) is 1. The van der Waals surface area contributed by atoms with E-state index >= 15 is 0 Å². The first-order valence-corrected chi connectivity index (χ1v) is 8.63. The van der Waals surface area contributed by atoms with Gasteiger partial charge in [0.1, 0.15) is 5.75 Å². The summed E-state index contributed by atoms with van der Waals surface area (Å²) in [5, 5.41) is 10.5. The summed E-state index contributed by atoms with van der Waals surface area (Å²) in [5.74, 6) is 0.328. The van der Waals surface area contributed by atoms with Crippen molar-refractivity contribution in [2.75, 3.05) is 5.73 Å². The fraction of sp³-hybridized carbons (Fsp3) is 0.429. The Hall–Kier alpha value is -1.96. The zero-order valence-electron chi connectivity index (χ0n) is 14.6. The molecular weight excluding hydrogens is 282 g/mol. The Balaban J connectivity index is 2.18. The predicted octanol–water partition coefficient (Wildman–Crippen LogP) is 5.89. The second-order valence-corrected chi connectivity index (χ2v) is 7.05. The van der Waals surface area contributed by atoms with Crippen LogP contribution in [0.1, 0.15) is 58.4 Å². The van der Waals surface area contributed by atoms with Crippen LogP contribution in [0.4, 0.5) is 5.69 Å². The molecule has 0 bridgehead atoms. The highest BCUT2D eigenvalue weighted by molar-refractivity contribution is 5.73. The van der Waals surface area contributed by atoms with Crippen LogP contribution in [0.3, 0.4) is 0 Å². The summed E-state index contributed by atoms with van der Waals surface area (Å²) < 4.78 is 0. The van der Waals surface area contributed by atoms with Gasteiger partial charge in [-0.2, -0.15) is 0 Å². The molecule has 0 aliphatic heterocycles. The second-order valence-electron chi connectivity index (χ2n) is 7.05. The van der Waals surface area contributed by atoms with Crippen LogP contribution in [0.2, 0.25) is 0 Å². The van der Waals surface area contributed by atoms with Gasteiger partial charge in [0.05, 0.1) is 0 Å². The smallest absolute Gasteiger partial charge is 0.123 e. The molecule has 0 heterocycles. The Bertz CT molecular complexity index is 646. The van der Waals surface area contributed by atoms with E-state index in [9.17, 15) is 5.11 Å². The fourth-order valence-electron chi connectivity index (χ4n) is 3.04. The summed E-state index contributed by atoms with van der Waals surface area (Å²) in [6.07, 6.45) is 6.22. The summed E-state index contributed by atoms with van der Waals surface area (Å²) in [4.78, 5) is 0. The highest BCUT2D eigenvalue weighted by atomic mass is 16.3. The lowest BCUT2D eigenvalue weighted by atomic mass is 9.79. The van der Waals surface area contributed by atoms with E-state index in [-0.39, 0.29) is 5.41 Å². The number of phenols is 1. The Morgan fingerprint density at radius 2 is 1.78 bits per heavy atom.